The molecule has 3 rings (SSSR count). The number of carbonyl (C=O) groups excluding carboxylic acids is 2. The van der Waals surface area contributed by atoms with E-state index in [1.807, 2.05) is 50.2 Å². The molecule has 1 N–H and O–H groups in total. The SMILES string of the molecule is CCCOc1ccccc1/C=C(\C#N)C(=O)Nc1sc(C)c(-c2ccc(Br)cc2)c1C(=O)OC. The molecule has 1 aromatic heterocycles. The van der Waals surface area contributed by atoms with E-state index in [1.54, 1.807) is 18.2 Å². The maximum absolute atomic E-state index is 13.0. The number of benzene rings is 2. The quantitative estimate of drug-likeness (QED) is 0.198. The van der Waals surface area contributed by atoms with E-state index in [9.17, 15) is 14.9 Å². The van der Waals surface area contributed by atoms with Crippen molar-refractivity contribution in [3.05, 3.63) is 74.6 Å². The fraction of sp³-hybridized carbons (Fsp3) is 0.192. The van der Waals surface area contributed by atoms with Gasteiger partial charge in [0.1, 0.15) is 28.0 Å². The molecule has 1 amide bonds. The number of anilines is 1. The third-order valence-electron chi connectivity index (χ3n) is 4.88. The fourth-order valence-electron chi connectivity index (χ4n) is 3.31. The van der Waals surface area contributed by atoms with Crippen molar-refractivity contribution in [2.45, 2.75) is 20.3 Å². The fourth-order valence-corrected chi connectivity index (χ4v) is 4.64. The van der Waals surface area contributed by atoms with Crippen LogP contribution in [0.4, 0.5) is 5.00 Å². The Kier molecular flexibility index (Phi) is 8.63. The molecule has 34 heavy (non-hydrogen) atoms. The average molecular weight is 539 g/mol. The molecule has 3 aromatic rings. The molecule has 0 bridgehead atoms. The van der Waals surface area contributed by atoms with Gasteiger partial charge in [0.2, 0.25) is 0 Å². The first-order valence-corrected chi connectivity index (χ1v) is 12.1. The van der Waals surface area contributed by atoms with Gasteiger partial charge < -0.3 is 14.8 Å². The van der Waals surface area contributed by atoms with Crippen LogP contribution in [0.25, 0.3) is 17.2 Å². The van der Waals surface area contributed by atoms with E-state index in [1.165, 1.54) is 24.5 Å². The van der Waals surface area contributed by atoms with Crippen LogP contribution in [0.1, 0.15) is 34.1 Å². The predicted octanol–water partition coefficient (Wildman–Crippen LogP) is 6.61. The molecule has 1 heterocycles. The molecule has 6 nitrogen and oxygen atoms in total. The molecule has 0 saturated heterocycles. The van der Waals surface area contributed by atoms with Crippen molar-refractivity contribution in [2.75, 3.05) is 19.0 Å². The Morgan fingerprint density at radius 2 is 1.88 bits per heavy atom. The zero-order valence-electron chi connectivity index (χ0n) is 19.0. The number of esters is 1. The highest BCUT2D eigenvalue weighted by Crippen LogP contribution is 2.41. The molecular formula is C26H23BrN2O4S. The molecular weight excluding hydrogens is 516 g/mol. The van der Waals surface area contributed by atoms with E-state index >= 15 is 0 Å². The van der Waals surface area contributed by atoms with Gasteiger partial charge in [-0.15, -0.1) is 11.3 Å². The van der Waals surface area contributed by atoms with Crippen LogP contribution in [0.15, 0.2) is 58.6 Å². The zero-order chi connectivity index (χ0) is 24.7. The summed E-state index contributed by atoms with van der Waals surface area (Å²) in [5.41, 5.74) is 2.26. The van der Waals surface area contributed by atoms with Crippen LogP contribution in [0.3, 0.4) is 0 Å². The summed E-state index contributed by atoms with van der Waals surface area (Å²) >= 11 is 4.67. The van der Waals surface area contributed by atoms with Gasteiger partial charge in [-0.05, 0) is 43.2 Å². The van der Waals surface area contributed by atoms with Crippen molar-refractivity contribution in [3.63, 3.8) is 0 Å². The minimum Gasteiger partial charge on any atom is -0.493 e. The summed E-state index contributed by atoms with van der Waals surface area (Å²) in [6.45, 7) is 4.39. The summed E-state index contributed by atoms with van der Waals surface area (Å²) in [6.07, 6.45) is 2.31. The molecule has 0 unspecified atom stereocenters. The normalized spacial score (nSPS) is 11.0. The third kappa shape index (κ3) is 5.74. The molecule has 8 heteroatoms. The van der Waals surface area contributed by atoms with Crippen molar-refractivity contribution in [1.82, 2.24) is 0 Å². The summed E-state index contributed by atoms with van der Waals surface area (Å²) in [4.78, 5) is 26.6. The van der Waals surface area contributed by atoms with Gasteiger partial charge in [0.15, 0.2) is 0 Å². The van der Waals surface area contributed by atoms with Crippen molar-refractivity contribution < 1.29 is 19.1 Å². The minimum absolute atomic E-state index is 0.111. The van der Waals surface area contributed by atoms with E-state index < -0.39 is 11.9 Å². The van der Waals surface area contributed by atoms with Gasteiger partial charge in [-0.2, -0.15) is 5.26 Å². The van der Waals surface area contributed by atoms with Gasteiger partial charge in [0, 0.05) is 20.5 Å². The van der Waals surface area contributed by atoms with Gasteiger partial charge in [-0.25, -0.2) is 4.79 Å². The number of carbonyl (C=O) groups is 2. The highest BCUT2D eigenvalue weighted by atomic mass is 79.9. The first kappa shape index (κ1) is 25.2. The Labute approximate surface area is 211 Å². The second-order valence-corrected chi connectivity index (χ2v) is 9.39. The largest absolute Gasteiger partial charge is 0.493 e. The number of methoxy groups -OCH3 is 1. The molecule has 0 spiro atoms. The van der Waals surface area contributed by atoms with Gasteiger partial charge in [0.05, 0.1) is 13.7 Å². The molecule has 0 fully saturated rings. The molecule has 174 valence electrons. The summed E-state index contributed by atoms with van der Waals surface area (Å²) in [7, 11) is 1.29. The smallest absolute Gasteiger partial charge is 0.341 e. The third-order valence-corrected chi connectivity index (χ3v) is 6.43. The number of amides is 1. The standard InChI is InChI=1S/C26H23BrN2O4S/c1-4-13-33-21-8-6-5-7-18(21)14-19(15-28)24(30)29-25-23(26(31)32-3)22(16(2)34-25)17-9-11-20(27)12-10-17/h5-12,14H,4,13H2,1-3H3,(H,29,30)/b19-14+. The maximum Gasteiger partial charge on any atom is 0.341 e. The van der Waals surface area contributed by atoms with Crippen molar-refractivity contribution >= 4 is 50.2 Å². The molecule has 0 radical (unpaired) electrons. The number of hydrogen-bond acceptors (Lipinski definition) is 6. The highest BCUT2D eigenvalue weighted by molar-refractivity contribution is 9.10. The van der Waals surface area contributed by atoms with E-state index in [0.717, 1.165) is 21.3 Å². The van der Waals surface area contributed by atoms with Gasteiger partial charge in [-0.1, -0.05) is 53.2 Å². The van der Waals surface area contributed by atoms with Crippen molar-refractivity contribution in [1.29, 1.82) is 5.26 Å². The molecule has 0 atom stereocenters. The lowest BCUT2D eigenvalue weighted by Gasteiger charge is -2.09. The summed E-state index contributed by atoms with van der Waals surface area (Å²) in [5, 5.41) is 12.7. The van der Waals surface area contributed by atoms with E-state index in [4.69, 9.17) is 9.47 Å². The summed E-state index contributed by atoms with van der Waals surface area (Å²) < 4.78 is 11.6. The number of hydrogen-bond donors (Lipinski definition) is 1. The van der Waals surface area contributed by atoms with Crippen LogP contribution < -0.4 is 10.1 Å². The minimum atomic E-state index is -0.624. The van der Waals surface area contributed by atoms with Crippen LogP contribution in [0.2, 0.25) is 0 Å². The van der Waals surface area contributed by atoms with E-state index in [2.05, 4.69) is 21.2 Å². The number of halogens is 1. The molecule has 0 aliphatic heterocycles. The highest BCUT2D eigenvalue weighted by Gasteiger charge is 2.26. The summed E-state index contributed by atoms with van der Waals surface area (Å²) in [5.74, 6) is -0.607. The van der Waals surface area contributed by atoms with Crippen LogP contribution in [0, 0.1) is 18.3 Å². The first-order chi connectivity index (χ1) is 16.4. The molecule has 0 saturated carbocycles. The zero-order valence-corrected chi connectivity index (χ0v) is 21.4. The Morgan fingerprint density at radius 3 is 2.53 bits per heavy atom. The second kappa shape index (κ2) is 11.6. The van der Waals surface area contributed by atoms with Crippen molar-refractivity contribution in [2.24, 2.45) is 0 Å². The first-order valence-electron chi connectivity index (χ1n) is 10.5. The second-order valence-electron chi connectivity index (χ2n) is 7.25. The van der Waals surface area contributed by atoms with Crippen LogP contribution in [-0.2, 0) is 9.53 Å². The molecule has 0 aliphatic carbocycles. The van der Waals surface area contributed by atoms with Gasteiger partial charge in [-0.3, -0.25) is 4.79 Å². The number of para-hydroxylation sites is 1. The van der Waals surface area contributed by atoms with Crippen LogP contribution >= 0.6 is 27.3 Å². The topological polar surface area (TPSA) is 88.4 Å². The number of rotatable bonds is 8. The van der Waals surface area contributed by atoms with E-state index in [0.29, 0.717) is 28.5 Å². The Bertz CT molecular complexity index is 1270. The van der Waals surface area contributed by atoms with Crippen LogP contribution in [0.5, 0.6) is 5.75 Å². The lowest BCUT2D eigenvalue weighted by atomic mass is 10.0. The Hall–Kier alpha value is -3.41. The number of thiophene rings is 1. The Morgan fingerprint density at radius 1 is 1.18 bits per heavy atom. The van der Waals surface area contributed by atoms with E-state index in [-0.39, 0.29) is 11.1 Å². The number of nitrogens with zero attached hydrogens (tertiary/aromatic N) is 1. The Balaban J connectivity index is 1.99. The number of nitriles is 1. The lowest BCUT2D eigenvalue weighted by Crippen LogP contribution is -2.15. The number of aryl methyl sites for hydroxylation is 1. The lowest BCUT2D eigenvalue weighted by molar-refractivity contribution is -0.112. The van der Waals surface area contributed by atoms with Crippen molar-refractivity contribution in [3.8, 4) is 22.9 Å². The maximum atomic E-state index is 13.0. The predicted molar refractivity (Wildman–Crippen MR) is 138 cm³/mol. The van der Waals surface area contributed by atoms with Crippen LogP contribution in [-0.4, -0.2) is 25.6 Å². The molecule has 0 aliphatic rings. The van der Waals surface area contributed by atoms with Gasteiger partial charge >= 0.3 is 5.97 Å². The molecule has 2 aromatic carbocycles. The van der Waals surface area contributed by atoms with Gasteiger partial charge in [0.25, 0.3) is 5.91 Å². The average Bonchev–Trinajstić information content (AvgIpc) is 3.16. The number of ether oxygens (including phenoxy) is 2. The summed E-state index contributed by atoms with van der Waals surface area (Å²) in [6, 6.07) is 16.7. The number of nitrogens with one attached hydrogen (secondary N) is 1. The monoisotopic (exact) mass is 538 g/mol.